The molecule has 1 aliphatic rings. The monoisotopic (exact) mass is 290 g/mol. The van der Waals surface area contributed by atoms with Crippen LogP contribution in [-0.4, -0.2) is 32.5 Å². The maximum absolute atomic E-state index is 5.93. The Morgan fingerprint density at radius 3 is 1.81 bits per heavy atom. The maximum atomic E-state index is 5.93. The average molecular weight is 290 g/mol. The number of rotatable bonds is 4. The smallest absolute Gasteiger partial charge is 0.487 e. The van der Waals surface area contributed by atoms with Gasteiger partial charge in [0, 0.05) is 6.07 Å². The second-order valence-electron chi connectivity index (χ2n) is 6.13. The number of ether oxygens (including phenoxy) is 2. The van der Waals surface area contributed by atoms with E-state index in [0.29, 0.717) is 0 Å². The van der Waals surface area contributed by atoms with E-state index in [1.165, 1.54) is 0 Å². The van der Waals surface area contributed by atoms with Crippen LogP contribution >= 0.6 is 0 Å². The molecule has 0 aliphatic carbocycles. The van der Waals surface area contributed by atoms with E-state index in [9.17, 15) is 0 Å². The highest BCUT2D eigenvalue weighted by Gasteiger charge is 2.49. The molecule has 1 fully saturated rings. The summed E-state index contributed by atoms with van der Waals surface area (Å²) in [6, 6.07) is 5.71. The third kappa shape index (κ3) is 3.42. The lowest BCUT2D eigenvalue weighted by atomic mass is 9.89. The summed E-state index contributed by atoms with van der Waals surface area (Å²) in [6.45, 7) is 8.15. The topological polar surface area (TPSA) is 36.9 Å². The molecule has 0 spiro atoms. The van der Waals surface area contributed by atoms with Gasteiger partial charge in [0.05, 0.1) is 25.4 Å². The molecular weight excluding hydrogens is 267 g/mol. The minimum absolute atomic E-state index is 0.325. The molecule has 0 saturated carbocycles. The molecule has 21 heavy (non-hydrogen) atoms. The quantitative estimate of drug-likeness (QED) is 0.797. The summed E-state index contributed by atoms with van der Waals surface area (Å²) in [5.74, 6) is 3.41. The van der Waals surface area contributed by atoms with Crippen molar-refractivity contribution < 1.29 is 18.8 Å². The summed E-state index contributed by atoms with van der Waals surface area (Å²) in [5.41, 5.74) is 0.322. The van der Waals surface area contributed by atoms with Gasteiger partial charge in [-0.05, 0) is 45.4 Å². The molecule has 1 aromatic carbocycles. The molecule has 0 N–H and O–H groups in total. The van der Waals surface area contributed by atoms with Crippen LogP contribution < -0.4 is 9.47 Å². The minimum Gasteiger partial charge on any atom is -0.497 e. The fourth-order valence-corrected chi connectivity index (χ4v) is 2.08. The molecule has 1 saturated heterocycles. The van der Waals surface area contributed by atoms with Crippen molar-refractivity contribution in [2.45, 2.75) is 38.9 Å². The van der Waals surface area contributed by atoms with Gasteiger partial charge in [-0.15, -0.1) is 0 Å². The van der Waals surface area contributed by atoms with Crippen molar-refractivity contribution >= 4 is 13.2 Å². The van der Waals surface area contributed by atoms with Crippen molar-refractivity contribution in [1.29, 1.82) is 0 Å². The van der Waals surface area contributed by atoms with Crippen LogP contribution in [0.15, 0.2) is 24.2 Å². The Labute approximate surface area is 127 Å². The SMILES string of the molecule is COc1cc(C=CB2OC(C)(C)C(C)(C)O2)cc(OC)c1. The van der Waals surface area contributed by atoms with E-state index >= 15 is 0 Å². The number of methoxy groups -OCH3 is 2. The maximum Gasteiger partial charge on any atom is 0.487 e. The summed E-state index contributed by atoms with van der Waals surface area (Å²) < 4.78 is 22.4. The molecule has 1 aromatic rings. The molecule has 114 valence electrons. The van der Waals surface area contributed by atoms with Crippen molar-refractivity contribution in [2.24, 2.45) is 0 Å². The van der Waals surface area contributed by atoms with Gasteiger partial charge in [0.2, 0.25) is 0 Å². The second-order valence-corrected chi connectivity index (χ2v) is 6.13. The Balaban J connectivity index is 2.15. The van der Waals surface area contributed by atoms with Crippen LogP contribution in [0, 0.1) is 0 Å². The zero-order chi connectivity index (χ0) is 15.7. The Morgan fingerprint density at radius 2 is 1.38 bits per heavy atom. The number of hydrogen-bond donors (Lipinski definition) is 0. The molecule has 1 aliphatic heterocycles. The standard InChI is InChI=1S/C16H23BO4/c1-15(2)16(3,4)21-17(20-15)8-7-12-9-13(18-5)11-14(10-12)19-6/h7-11H,1-6H3. The molecule has 0 atom stereocenters. The van der Waals surface area contributed by atoms with Crippen molar-refractivity contribution in [3.63, 3.8) is 0 Å². The number of benzene rings is 1. The first-order valence-electron chi connectivity index (χ1n) is 7.04. The van der Waals surface area contributed by atoms with E-state index in [-0.39, 0.29) is 18.3 Å². The summed E-state index contributed by atoms with van der Waals surface area (Å²) >= 11 is 0. The highest BCUT2D eigenvalue weighted by atomic mass is 16.7. The van der Waals surface area contributed by atoms with E-state index in [2.05, 4.69) is 0 Å². The second kappa shape index (κ2) is 5.74. The largest absolute Gasteiger partial charge is 0.497 e. The molecule has 5 heteroatoms. The van der Waals surface area contributed by atoms with Crippen LogP contribution in [0.25, 0.3) is 6.08 Å². The van der Waals surface area contributed by atoms with Crippen LogP contribution in [0.4, 0.5) is 0 Å². The summed E-state index contributed by atoms with van der Waals surface area (Å²) in [4.78, 5) is 0. The summed E-state index contributed by atoms with van der Waals surface area (Å²) in [7, 11) is 2.92. The average Bonchev–Trinajstić information content (AvgIpc) is 2.64. The molecule has 0 bridgehead atoms. The molecule has 1 heterocycles. The van der Waals surface area contributed by atoms with Gasteiger partial charge >= 0.3 is 7.12 Å². The zero-order valence-electron chi connectivity index (χ0n) is 13.6. The van der Waals surface area contributed by atoms with E-state index in [1.807, 2.05) is 57.9 Å². The Bertz CT molecular complexity index is 499. The molecule has 2 rings (SSSR count). The minimum atomic E-state index is -0.354. The van der Waals surface area contributed by atoms with Gasteiger partial charge in [0.1, 0.15) is 11.5 Å². The van der Waals surface area contributed by atoms with Crippen LogP contribution in [0.3, 0.4) is 0 Å². The van der Waals surface area contributed by atoms with E-state index < -0.39 is 0 Å². The first kappa shape index (κ1) is 15.9. The number of hydrogen-bond acceptors (Lipinski definition) is 4. The van der Waals surface area contributed by atoms with Crippen LogP contribution in [0.5, 0.6) is 11.5 Å². The third-order valence-corrected chi connectivity index (χ3v) is 4.09. The van der Waals surface area contributed by atoms with Crippen molar-refractivity contribution in [2.75, 3.05) is 14.2 Å². The van der Waals surface area contributed by atoms with E-state index in [0.717, 1.165) is 17.1 Å². The molecule has 0 unspecified atom stereocenters. The lowest BCUT2D eigenvalue weighted by Gasteiger charge is -2.32. The molecule has 0 amide bonds. The van der Waals surface area contributed by atoms with Crippen molar-refractivity contribution in [3.8, 4) is 11.5 Å². The van der Waals surface area contributed by atoms with Crippen LogP contribution in [0.1, 0.15) is 33.3 Å². The van der Waals surface area contributed by atoms with Gasteiger partial charge in [0.25, 0.3) is 0 Å². The third-order valence-electron chi connectivity index (χ3n) is 4.09. The highest BCUT2D eigenvalue weighted by molar-refractivity contribution is 6.52. The lowest BCUT2D eigenvalue weighted by molar-refractivity contribution is 0.00578. The van der Waals surface area contributed by atoms with Crippen molar-refractivity contribution in [3.05, 3.63) is 29.7 Å². The summed E-state index contributed by atoms with van der Waals surface area (Å²) in [6.07, 6.45) is 1.95. The van der Waals surface area contributed by atoms with Crippen LogP contribution in [-0.2, 0) is 9.31 Å². The fourth-order valence-electron chi connectivity index (χ4n) is 2.08. The lowest BCUT2D eigenvalue weighted by Crippen LogP contribution is -2.41. The van der Waals surface area contributed by atoms with E-state index in [4.69, 9.17) is 18.8 Å². The Morgan fingerprint density at radius 1 is 0.905 bits per heavy atom. The first-order valence-corrected chi connectivity index (χ1v) is 7.04. The van der Waals surface area contributed by atoms with Gasteiger partial charge in [0.15, 0.2) is 0 Å². The molecule has 0 radical (unpaired) electrons. The highest BCUT2D eigenvalue weighted by Crippen LogP contribution is 2.37. The molecule has 0 aromatic heterocycles. The molecule has 4 nitrogen and oxygen atoms in total. The molecular formula is C16H23BO4. The van der Waals surface area contributed by atoms with Gasteiger partial charge in [-0.1, -0.05) is 12.1 Å². The van der Waals surface area contributed by atoms with Gasteiger partial charge in [-0.3, -0.25) is 0 Å². The van der Waals surface area contributed by atoms with Crippen molar-refractivity contribution in [1.82, 2.24) is 0 Å². The van der Waals surface area contributed by atoms with Gasteiger partial charge in [-0.2, -0.15) is 0 Å². The fraction of sp³-hybridized carbons (Fsp3) is 0.500. The predicted molar refractivity (Wildman–Crippen MR) is 84.7 cm³/mol. The predicted octanol–water partition coefficient (Wildman–Crippen LogP) is 3.35. The van der Waals surface area contributed by atoms with Crippen LogP contribution in [0.2, 0.25) is 0 Å². The normalized spacial score (nSPS) is 20.0. The van der Waals surface area contributed by atoms with E-state index in [1.54, 1.807) is 14.2 Å². The van der Waals surface area contributed by atoms with Gasteiger partial charge < -0.3 is 18.8 Å². The van der Waals surface area contributed by atoms with Gasteiger partial charge in [-0.25, -0.2) is 0 Å². The first-order chi connectivity index (χ1) is 9.77. The zero-order valence-corrected chi connectivity index (χ0v) is 13.6. The summed E-state index contributed by atoms with van der Waals surface area (Å²) in [5, 5.41) is 0. The Hall–Kier alpha value is -1.46. The Kier molecular flexibility index (Phi) is 4.35.